The Morgan fingerprint density at radius 3 is 2.32 bits per heavy atom. The molecular weight excluding hydrogens is 382 g/mol. The zero-order chi connectivity index (χ0) is 21.2. The number of para-hydroxylation sites is 1. The predicted molar refractivity (Wildman–Crippen MR) is 124 cm³/mol. The zero-order valence-electron chi connectivity index (χ0n) is 18.6. The molecule has 2 unspecified atom stereocenters. The molecule has 0 radical (unpaired) electrons. The SMILES string of the molecule is CCCC12CN3CC(C)(CN(C1)C3c1cn(Cc3ccccc3)c3ccccc13)C2=O. The fourth-order valence-electron chi connectivity index (χ4n) is 6.93. The second-order valence-electron chi connectivity index (χ2n) is 10.3. The van der Waals surface area contributed by atoms with Crippen molar-refractivity contribution in [1.82, 2.24) is 14.4 Å². The van der Waals surface area contributed by atoms with Crippen LogP contribution in [0.3, 0.4) is 0 Å². The second kappa shape index (κ2) is 6.78. The van der Waals surface area contributed by atoms with Crippen LogP contribution < -0.4 is 0 Å². The normalized spacial score (nSPS) is 34.0. The molecule has 0 amide bonds. The Morgan fingerprint density at radius 2 is 1.61 bits per heavy atom. The lowest BCUT2D eigenvalue weighted by Gasteiger charge is -2.65. The Bertz CT molecular complexity index is 1130. The molecule has 3 aromatic rings. The summed E-state index contributed by atoms with van der Waals surface area (Å²) in [5, 5.41) is 1.34. The number of fused-ring (bicyclic) bond motifs is 1. The Balaban J connectivity index is 1.42. The summed E-state index contributed by atoms with van der Waals surface area (Å²) in [6.45, 7) is 8.89. The highest BCUT2D eigenvalue weighted by Gasteiger charge is 2.63. The van der Waals surface area contributed by atoms with E-state index in [1.165, 1.54) is 22.0 Å². The molecule has 5 heterocycles. The maximum absolute atomic E-state index is 13.4. The second-order valence-corrected chi connectivity index (χ2v) is 10.3. The van der Waals surface area contributed by atoms with E-state index in [2.05, 4.69) is 89.0 Å². The number of carbonyl (C=O) groups excluding carboxylic acids is 1. The Labute approximate surface area is 184 Å². The van der Waals surface area contributed by atoms with Gasteiger partial charge in [-0.3, -0.25) is 14.6 Å². The molecule has 4 aliphatic heterocycles. The lowest BCUT2D eigenvalue weighted by Crippen LogP contribution is -2.76. The lowest BCUT2D eigenvalue weighted by atomic mass is 9.59. The predicted octanol–water partition coefficient (Wildman–Crippen LogP) is 4.69. The number of aromatic nitrogens is 1. The standard InChI is InChI=1S/C27H31N3O/c1-3-13-27-18-29-16-26(2,25(27)31)17-30(19-27)24(29)22-15-28(14-20-9-5-4-6-10-20)23-12-8-7-11-21(22)23/h4-12,15,24H,3,13-14,16-19H2,1-2H3. The van der Waals surface area contributed by atoms with Crippen molar-refractivity contribution in [3.63, 3.8) is 0 Å². The summed E-state index contributed by atoms with van der Waals surface area (Å²) in [5.41, 5.74) is 3.63. The van der Waals surface area contributed by atoms with Crippen LogP contribution in [0.1, 0.15) is 44.0 Å². The number of benzene rings is 2. The maximum atomic E-state index is 13.4. The van der Waals surface area contributed by atoms with Gasteiger partial charge in [-0.25, -0.2) is 0 Å². The first-order chi connectivity index (χ1) is 15.0. The Hall–Kier alpha value is -2.43. The van der Waals surface area contributed by atoms with E-state index in [0.717, 1.165) is 45.6 Å². The number of hydrogen-bond donors (Lipinski definition) is 0. The van der Waals surface area contributed by atoms with Gasteiger partial charge in [0.05, 0.1) is 17.0 Å². The molecular formula is C27H31N3O. The molecule has 4 heteroatoms. The first-order valence-electron chi connectivity index (χ1n) is 11.7. The van der Waals surface area contributed by atoms with E-state index in [9.17, 15) is 4.79 Å². The molecule has 7 rings (SSSR count). The smallest absolute Gasteiger partial charge is 0.150 e. The largest absolute Gasteiger partial charge is 0.343 e. The number of nitrogens with zero attached hydrogens (tertiary/aromatic N) is 3. The number of piperidine rings is 2. The third kappa shape index (κ3) is 2.78. The van der Waals surface area contributed by atoms with Gasteiger partial charge in [0.25, 0.3) is 0 Å². The van der Waals surface area contributed by atoms with Gasteiger partial charge in [0, 0.05) is 55.4 Å². The van der Waals surface area contributed by atoms with Gasteiger partial charge in [-0.2, -0.15) is 0 Å². The van der Waals surface area contributed by atoms with E-state index in [4.69, 9.17) is 0 Å². The number of rotatable bonds is 5. The average molecular weight is 414 g/mol. The molecule has 4 fully saturated rings. The quantitative estimate of drug-likeness (QED) is 0.607. The molecule has 4 aliphatic rings. The van der Waals surface area contributed by atoms with Crippen LogP contribution in [0.25, 0.3) is 10.9 Å². The van der Waals surface area contributed by atoms with Crippen molar-refractivity contribution < 1.29 is 4.79 Å². The number of carbonyl (C=O) groups is 1. The first-order valence-corrected chi connectivity index (χ1v) is 11.7. The summed E-state index contributed by atoms with van der Waals surface area (Å²) < 4.78 is 2.40. The van der Waals surface area contributed by atoms with Crippen LogP contribution in [0.2, 0.25) is 0 Å². The van der Waals surface area contributed by atoms with Crippen LogP contribution in [0.15, 0.2) is 60.8 Å². The van der Waals surface area contributed by atoms with Gasteiger partial charge in [-0.1, -0.05) is 68.8 Å². The number of ketones is 1. The van der Waals surface area contributed by atoms with E-state index in [0.29, 0.717) is 5.78 Å². The zero-order valence-corrected chi connectivity index (χ0v) is 18.6. The molecule has 0 saturated carbocycles. The third-order valence-electron chi connectivity index (χ3n) is 7.86. The average Bonchev–Trinajstić information content (AvgIpc) is 3.10. The van der Waals surface area contributed by atoms with Gasteiger partial charge in [0.2, 0.25) is 0 Å². The molecule has 0 aliphatic carbocycles. The van der Waals surface area contributed by atoms with E-state index < -0.39 is 0 Å². The van der Waals surface area contributed by atoms with Gasteiger partial charge in [-0.15, -0.1) is 0 Å². The highest BCUT2D eigenvalue weighted by atomic mass is 16.1. The minimum absolute atomic E-state index is 0.168. The molecule has 31 heavy (non-hydrogen) atoms. The van der Waals surface area contributed by atoms with Crippen LogP contribution in [0.5, 0.6) is 0 Å². The fourth-order valence-corrected chi connectivity index (χ4v) is 6.93. The Kier molecular flexibility index (Phi) is 4.22. The van der Waals surface area contributed by atoms with Crippen LogP contribution in [-0.2, 0) is 11.3 Å². The Morgan fingerprint density at radius 1 is 0.935 bits per heavy atom. The van der Waals surface area contributed by atoms with Crippen LogP contribution >= 0.6 is 0 Å². The molecule has 4 nitrogen and oxygen atoms in total. The highest BCUT2D eigenvalue weighted by Crippen LogP contribution is 2.54. The molecule has 1 aromatic heterocycles. The summed E-state index contributed by atoms with van der Waals surface area (Å²) in [4.78, 5) is 18.6. The molecule has 0 spiro atoms. The lowest BCUT2D eigenvalue weighted by molar-refractivity contribution is -0.201. The van der Waals surface area contributed by atoms with Crippen molar-refractivity contribution >= 4 is 16.7 Å². The molecule has 2 atom stereocenters. The van der Waals surface area contributed by atoms with Crippen molar-refractivity contribution in [3.05, 3.63) is 71.9 Å². The fraction of sp³-hybridized carbons (Fsp3) is 0.444. The molecule has 2 aromatic carbocycles. The van der Waals surface area contributed by atoms with Crippen molar-refractivity contribution in [2.75, 3.05) is 26.2 Å². The summed E-state index contributed by atoms with van der Waals surface area (Å²) in [6, 6.07) is 19.5. The minimum Gasteiger partial charge on any atom is -0.343 e. The van der Waals surface area contributed by atoms with Crippen LogP contribution in [0.4, 0.5) is 0 Å². The third-order valence-corrected chi connectivity index (χ3v) is 7.86. The van der Waals surface area contributed by atoms with E-state index in [-0.39, 0.29) is 17.0 Å². The van der Waals surface area contributed by atoms with Crippen molar-refractivity contribution in [3.8, 4) is 0 Å². The molecule has 160 valence electrons. The molecule has 0 N–H and O–H groups in total. The molecule has 4 saturated heterocycles. The van der Waals surface area contributed by atoms with Crippen LogP contribution in [-0.4, -0.2) is 46.3 Å². The van der Waals surface area contributed by atoms with Gasteiger partial charge in [0.1, 0.15) is 5.78 Å². The van der Waals surface area contributed by atoms with Gasteiger partial charge >= 0.3 is 0 Å². The van der Waals surface area contributed by atoms with Gasteiger partial charge < -0.3 is 4.57 Å². The molecule has 4 bridgehead atoms. The van der Waals surface area contributed by atoms with E-state index in [1.54, 1.807) is 0 Å². The minimum atomic E-state index is -0.218. The topological polar surface area (TPSA) is 28.5 Å². The van der Waals surface area contributed by atoms with Gasteiger partial charge in [0.15, 0.2) is 0 Å². The maximum Gasteiger partial charge on any atom is 0.150 e. The number of hydrogen-bond acceptors (Lipinski definition) is 3. The van der Waals surface area contributed by atoms with Crippen LogP contribution in [0, 0.1) is 10.8 Å². The summed E-state index contributed by atoms with van der Waals surface area (Å²) in [6.07, 6.45) is 4.73. The van der Waals surface area contributed by atoms with Crippen molar-refractivity contribution in [1.29, 1.82) is 0 Å². The highest BCUT2D eigenvalue weighted by molar-refractivity contribution is 5.93. The summed E-state index contributed by atoms with van der Waals surface area (Å²) >= 11 is 0. The summed E-state index contributed by atoms with van der Waals surface area (Å²) in [5.74, 6) is 0.527. The summed E-state index contributed by atoms with van der Waals surface area (Å²) in [7, 11) is 0. The number of Topliss-reactive ketones (excluding diaryl/α,β-unsaturated/α-hetero) is 1. The van der Waals surface area contributed by atoms with E-state index >= 15 is 0 Å². The first kappa shape index (κ1) is 19.3. The van der Waals surface area contributed by atoms with Gasteiger partial charge in [-0.05, 0) is 18.1 Å². The van der Waals surface area contributed by atoms with E-state index in [1.807, 2.05) is 0 Å². The van der Waals surface area contributed by atoms with Crippen molar-refractivity contribution in [2.24, 2.45) is 10.8 Å². The monoisotopic (exact) mass is 413 g/mol. The van der Waals surface area contributed by atoms with Crippen molar-refractivity contribution in [2.45, 2.75) is 39.4 Å².